The van der Waals surface area contributed by atoms with Gasteiger partial charge in [-0.25, -0.2) is 0 Å². The van der Waals surface area contributed by atoms with Gasteiger partial charge >= 0.3 is 71.7 Å². The van der Waals surface area contributed by atoms with Gasteiger partial charge in [-0.1, -0.05) is 0 Å². The molecule has 0 bridgehead atoms. The molecule has 0 heterocycles. The van der Waals surface area contributed by atoms with Gasteiger partial charge < -0.3 is 0 Å². The van der Waals surface area contributed by atoms with Crippen molar-refractivity contribution in [1.29, 1.82) is 0 Å². The van der Waals surface area contributed by atoms with E-state index in [-0.39, 0.29) is 5.01 Å². The van der Waals surface area contributed by atoms with Crippen molar-refractivity contribution >= 4 is 0 Å². The van der Waals surface area contributed by atoms with E-state index in [4.69, 9.17) is 5.73 Å². The average Bonchev–Trinajstić information content (AvgIpc) is 1.87. The van der Waals surface area contributed by atoms with Gasteiger partial charge in [-0.3, -0.25) is 0 Å². The van der Waals surface area contributed by atoms with Crippen molar-refractivity contribution in [3.05, 3.63) is 0 Å². The van der Waals surface area contributed by atoms with Crippen LogP contribution in [0.4, 0.5) is 0 Å². The molecule has 1 atom stereocenters. The van der Waals surface area contributed by atoms with Crippen LogP contribution in [0.5, 0.6) is 0 Å². The monoisotopic (exact) mass is 186 g/mol. The van der Waals surface area contributed by atoms with Crippen molar-refractivity contribution in [1.82, 2.24) is 0 Å². The topological polar surface area (TPSA) is 26.0 Å². The van der Waals surface area contributed by atoms with Gasteiger partial charge in [0.2, 0.25) is 0 Å². The fraction of sp³-hybridized carbons (Fsp3) is 1.00. The molecular weight excluding hydrogens is 169 g/mol. The first-order chi connectivity index (χ1) is 4.77. The Bertz CT molecular complexity index is 64.3. The van der Waals surface area contributed by atoms with Gasteiger partial charge in [-0.2, -0.15) is 0 Å². The third-order valence-electron chi connectivity index (χ3n) is 1.57. The van der Waals surface area contributed by atoms with Gasteiger partial charge in [0.15, 0.2) is 0 Å². The molecule has 0 rings (SSSR count). The minimum atomic E-state index is 0.0293. The Kier molecular flexibility index (Phi) is 7.90. The van der Waals surface area contributed by atoms with E-state index >= 15 is 0 Å². The molecule has 2 N–H and O–H groups in total. The van der Waals surface area contributed by atoms with Crippen LogP contribution in [0.1, 0.15) is 45.4 Å². The molecule has 0 aliphatic rings. The van der Waals surface area contributed by atoms with E-state index in [1.165, 1.54) is 32.1 Å². The summed E-state index contributed by atoms with van der Waals surface area (Å²) in [7, 11) is 0. The maximum atomic E-state index is 5.44. The molecule has 0 spiro atoms. The number of hydrogen-bond donors (Lipinski definition) is 1. The van der Waals surface area contributed by atoms with Crippen molar-refractivity contribution in [2.24, 2.45) is 5.73 Å². The van der Waals surface area contributed by atoms with E-state index in [0.29, 0.717) is 0 Å². The Balaban J connectivity index is 2.77. The van der Waals surface area contributed by atoms with Crippen LogP contribution < -0.4 is 5.73 Å². The van der Waals surface area contributed by atoms with Crippen molar-refractivity contribution in [2.45, 2.75) is 50.5 Å². The van der Waals surface area contributed by atoms with Crippen LogP contribution in [0.15, 0.2) is 0 Å². The van der Waals surface area contributed by atoms with Gasteiger partial charge in [0.05, 0.1) is 0 Å². The standard InChI is InChI=1S/C8H18N.Ni/c1-2-3-4-5-6-7-8-9;/h8H,2-7,9H2,1H3;. The van der Waals surface area contributed by atoms with Crippen LogP contribution in [0.25, 0.3) is 0 Å². The zero-order chi connectivity index (χ0) is 7.82. The Morgan fingerprint density at radius 1 is 1.20 bits per heavy atom. The molecule has 0 aliphatic carbocycles. The summed E-state index contributed by atoms with van der Waals surface area (Å²) >= 11 is 4.56. The number of unbranched alkanes of at least 4 members (excludes halogenated alkanes) is 4. The third-order valence-corrected chi connectivity index (χ3v) is 1.85. The summed E-state index contributed by atoms with van der Waals surface area (Å²) in [4.78, 5) is 0. The Labute approximate surface area is 72.1 Å². The molecule has 1 unspecified atom stereocenters. The van der Waals surface area contributed by atoms with Crippen LogP contribution in [0, 0.1) is 0 Å². The molecular formula is C8H18NNi. The summed E-state index contributed by atoms with van der Waals surface area (Å²) < 4.78 is 0. The summed E-state index contributed by atoms with van der Waals surface area (Å²) in [5, 5.41) is 0.0293. The van der Waals surface area contributed by atoms with E-state index in [2.05, 4.69) is 22.4 Å². The summed E-state index contributed by atoms with van der Waals surface area (Å²) in [5.41, 5.74) is 5.44. The van der Waals surface area contributed by atoms with Crippen molar-refractivity contribution < 1.29 is 15.5 Å². The molecule has 0 fully saturated rings. The summed E-state index contributed by atoms with van der Waals surface area (Å²) in [6.45, 7) is 2.22. The first-order valence-electron chi connectivity index (χ1n) is 4.13. The Morgan fingerprint density at radius 3 is 2.30 bits per heavy atom. The summed E-state index contributed by atoms with van der Waals surface area (Å²) in [5.74, 6) is 0. The Morgan fingerprint density at radius 2 is 1.80 bits per heavy atom. The minimum absolute atomic E-state index is 0.0293. The van der Waals surface area contributed by atoms with E-state index < -0.39 is 0 Å². The molecule has 0 saturated carbocycles. The van der Waals surface area contributed by atoms with Crippen molar-refractivity contribution in [3.8, 4) is 0 Å². The molecule has 1 nitrogen and oxygen atoms in total. The normalized spacial score (nSPS) is 13.6. The number of hydrogen-bond acceptors (Lipinski definition) is 1. The molecule has 0 saturated heterocycles. The van der Waals surface area contributed by atoms with Crippen molar-refractivity contribution in [2.75, 3.05) is 0 Å². The van der Waals surface area contributed by atoms with E-state index in [9.17, 15) is 0 Å². The van der Waals surface area contributed by atoms with Gasteiger partial charge in [0, 0.05) is 0 Å². The van der Waals surface area contributed by atoms with Gasteiger partial charge in [-0.15, -0.1) is 0 Å². The van der Waals surface area contributed by atoms with Crippen LogP contribution in [-0.4, -0.2) is 5.01 Å². The molecule has 65 valence electrons. The van der Waals surface area contributed by atoms with E-state index in [0.717, 1.165) is 6.42 Å². The summed E-state index contributed by atoms with van der Waals surface area (Å²) in [6.07, 6.45) is 7.58. The molecule has 0 radical (unpaired) electrons. The van der Waals surface area contributed by atoms with Gasteiger partial charge in [0.1, 0.15) is 0 Å². The maximum absolute atomic E-state index is 5.44. The fourth-order valence-corrected chi connectivity index (χ4v) is 1.13. The first-order valence-corrected chi connectivity index (χ1v) is 4.70. The van der Waals surface area contributed by atoms with Crippen LogP contribution in [0.2, 0.25) is 0 Å². The van der Waals surface area contributed by atoms with E-state index in [1.54, 1.807) is 0 Å². The quantitative estimate of drug-likeness (QED) is 0.500. The second-order valence-electron chi connectivity index (χ2n) is 2.67. The SMILES string of the molecule is CCCCCCC[CH](N)[Ni]. The fourth-order valence-electron chi connectivity index (χ4n) is 0.930. The van der Waals surface area contributed by atoms with Crippen molar-refractivity contribution in [3.63, 3.8) is 0 Å². The Hall–Kier alpha value is 0.454. The number of nitrogens with two attached hydrogens (primary N) is 1. The van der Waals surface area contributed by atoms with Crippen LogP contribution in [-0.2, 0) is 15.5 Å². The van der Waals surface area contributed by atoms with Gasteiger partial charge in [0.25, 0.3) is 0 Å². The van der Waals surface area contributed by atoms with Gasteiger partial charge in [-0.05, 0) is 0 Å². The second kappa shape index (κ2) is 7.56. The number of rotatable bonds is 6. The van der Waals surface area contributed by atoms with Crippen LogP contribution in [0.3, 0.4) is 0 Å². The average molecular weight is 187 g/mol. The molecule has 0 aromatic carbocycles. The zero-order valence-corrected chi connectivity index (χ0v) is 7.70. The molecule has 0 aliphatic heterocycles. The second-order valence-corrected chi connectivity index (χ2v) is 3.41. The zero-order valence-electron chi connectivity index (χ0n) is 6.71. The predicted molar refractivity (Wildman–Crippen MR) is 41.4 cm³/mol. The predicted octanol–water partition coefficient (Wildman–Crippen LogP) is 2.18. The summed E-state index contributed by atoms with van der Waals surface area (Å²) in [6, 6.07) is 0. The third kappa shape index (κ3) is 8.45. The molecule has 0 aromatic rings. The molecule has 0 aromatic heterocycles. The van der Waals surface area contributed by atoms with E-state index in [1.807, 2.05) is 0 Å². The first kappa shape index (κ1) is 10.5. The molecule has 2 heteroatoms. The van der Waals surface area contributed by atoms with Crippen LogP contribution >= 0.6 is 0 Å². The molecule has 10 heavy (non-hydrogen) atoms. The molecule has 0 amide bonds.